The van der Waals surface area contributed by atoms with E-state index in [1.165, 1.54) is 0 Å². The van der Waals surface area contributed by atoms with E-state index in [1.54, 1.807) is 10.7 Å². The normalized spacial score (nSPS) is 17.8. The molecule has 7 heteroatoms. The highest BCUT2D eigenvalue weighted by Gasteiger charge is 2.24. The molecule has 1 fully saturated rings. The summed E-state index contributed by atoms with van der Waals surface area (Å²) in [5.74, 6) is 0.534. The van der Waals surface area contributed by atoms with Crippen LogP contribution in [0.1, 0.15) is 6.42 Å². The second-order valence-corrected chi connectivity index (χ2v) is 5.88. The molecule has 1 aromatic carbocycles. The molecule has 1 aliphatic heterocycles. The van der Waals surface area contributed by atoms with E-state index >= 15 is 0 Å². The van der Waals surface area contributed by atoms with Crippen LogP contribution in [0.3, 0.4) is 0 Å². The van der Waals surface area contributed by atoms with Crippen LogP contribution < -0.4 is 15.8 Å². The maximum Gasteiger partial charge on any atom is 0.260 e. The van der Waals surface area contributed by atoms with Crippen LogP contribution in [0.25, 0.3) is 10.9 Å². The number of hydrogen-bond acceptors (Lipinski definition) is 5. The van der Waals surface area contributed by atoms with E-state index in [0.717, 1.165) is 25.2 Å². The van der Waals surface area contributed by atoms with Crippen molar-refractivity contribution in [1.29, 1.82) is 0 Å². The Hall–Kier alpha value is -2.83. The van der Waals surface area contributed by atoms with Gasteiger partial charge in [-0.2, -0.15) is 5.10 Å². The van der Waals surface area contributed by atoms with Gasteiger partial charge in [-0.05, 0) is 18.6 Å². The quantitative estimate of drug-likeness (QED) is 0.763. The first kappa shape index (κ1) is 13.8. The Balaban J connectivity index is 1.52. The number of aromatic amines is 1. The molecule has 1 aliphatic rings. The summed E-state index contributed by atoms with van der Waals surface area (Å²) in [6.07, 6.45) is 4.88. The van der Waals surface area contributed by atoms with Crippen LogP contribution in [-0.2, 0) is 7.05 Å². The Bertz CT molecular complexity index is 899. The average molecular weight is 310 g/mol. The Morgan fingerprint density at radius 1 is 1.35 bits per heavy atom. The first-order valence-electron chi connectivity index (χ1n) is 7.68. The third kappa shape index (κ3) is 2.65. The van der Waals surface area contributed by atoms with Crippen molar-refractivity contribution in [1.82, 2.24) is 19.7 Å². The van der Waals surface area contributed by atoms with Crippen molar-refractivity contribution in [2.45, 2.75) is 12.5 Å². The topological polar surface area (TPSA) is 78.8 Å². The molecule has 1 atom stereocenters. The summed E-state index contributed by atoms with van der Waals surface area (Å²) in [5.41, 5.74) is 1.72. The molecule has 3 heterocycles. The Morgan fingerprint density at radius 2 is 2.22 bits per heavy atom. The number of nitrogens with zero attached hydrogens (tertiary/aromatic N) is 4. The third-order valence-corrected chi connectivity index (χ3v) is 4.20. The molecular formula is C16H18N6O. The molecule has 1 unspecified atom stereocenters. The fourth-order valence-electron chi connectivity index (χ4n) is 3.03. The van der Waals surface area contributed by atoms with Gasteiger partial charge in [0, 0.05) is 32.4 Å². The van der Waals surface area contributed by atoms with Gasteiger partial charge in [-0.3, -0.25) is 14.5 Å². The zero-order valence-corrected chi connectivity index (χ0v) is 12.9. The molecule has 7 nitrogen and oxygen atoms in total. The van der Waals surface area contributed by atoms with E-state index in [2.05, 4.69) is 25.3 Å². The highest BCUT2D eigenvalue weighted by molar-refractivity contribution is 5.78. The molecular weight excluding hydrogens is 292 g/mol. The van der Waals surface area contributed by atoms with Crippen molar-refractivity contribution in [3.05, 3.63) is 47.0 Å². The molecule has 3 aromatic rings. The number of H-pyrrole nitrogens is 1. The number of anilines is 2. The monoisotopic (exact) mass is 310 g/mol. The van der Waals surface area contributed by atoms with Crippen LogP contribution in [-0.4, -0.2) is 38.9 Å². The molecule has 23 heavy (non-hydrogen) atoms. The highest BCUT2D eigenvalue weighted by atomic mass is 16.1. The fraction of sp³-hybridized carbons (Fsp3) is 0.312. The molecule has 4 rings (SSSR count). The zero-order valence-electron chi connectivity index (χ0n) is 12.9. The van der Waals surface area contributed by atoms with Gasteiger partial charge in [0.15, 0.2) is 0 Å². The summed E-state index contributed by atoms with van der Waals surface area (Å²) in [4.78, 5) is 21.7. The SMILES string of the molecule is Cn1cc(N2CCC(Nc3nc4ccccc4c(=O)[nH]3)C2)cn1. The lowest BCUT2D eigenvalue weighted by molar-refractivity contribution is 0.767. The number of benzene rings is 1. The van der Waals surface area contributed by atoms with Crippen molar-refractivity contribution in [3.8, 4) is 0 Å². The first-order valence-corrected chi connectivity index (χ1v) is 7.68. The van der Waals surface area contributed by atoms with Crippen LogP contribution in [0.2, 0.25) is 0 Å². The average Bonchev–Trinajstić information content (AvgIpc) is 3.16. The minimum absolute atomic E-state index is 0.111. The van der Waals surface area contributed by atoms with Gasteiger partial charge in [-0.25, -0.2) is 4.98 Å². The van der Waals surface area contributed by atoms with Gasteiger partial charge in [0.05, 0.1) is 22.8 Å². The second-order valence-electron chi connectivity index (χ2n) is 5.88. The summed E-state index contributed by atoms with van der Waals surface area (Å²) in [5, 5.41) is 8.17. The summed E-state index contributed by atoms with van der Waals surface area (Å²) in [6, 6.07) is 7.61. The van der Waals surface area contributed by atoms with Gasteiger partial charge in [0.2, 0.25) is 5.95 Å². The van der Waals surface area contributed by atoms with Crippen LogP contribution in [0, 0.1) is 0 Å². The minimum atomic E-state index is -0.111. The number of fused-ring (bicyclic) bond motifs is 1. The molecule has 0 saturated carbocycles. The van der Waals surface area contributed by atoms with E-state index in [1.807, 2.05) is 37.6 Å². The highest BCUT2D eigenvalue weighted by Crippen LogP contribution is 2.21. The van der Waals surface area contributed by atoms with Gasteiger partial charge in [0.1, 0.15) is 0 Å². The maximum absolute atomic E-state index is 12.1. The van der Waals surface area contributed by atoms with Gasteiger partial charge < -0.3 is 10.2 Å². The smallest absolute Gasteiger partial charge is 0.260 e. The predicted molar refractivity (Wildman–Crippen MR) is 89.8 cm³/mol. The molecule has 2 aromatic heterocycles. The largest absolute Gasteiger partial charge is 0.367 e. The van der Waals surface area contributed by atoms with Gasteiger partial charge in [-0.15, -0.1) is 0 Å². The zero-order chi connectivity index (χ0) is 15.8. The van der Waals surface area contributed by atoms with Crippen molar-refractivity contribution in [2.75, 3.05) is 23.3 Å². The lowest BCUT2D eigenvalue weighted by Crippen LogP contribution is -2.27. The van der Waals surface area contributed by atoms with Crippen LogP contribution >= 0.6 is 0 Å². The molecule has 0 aliphatic carbocycles. The second kappa shape index (κ2) is 5.42. The van der Waals surface area contributed by atoms with Crippen LogP contribution in [0.4, 0.5) is 11.6 Å². The fourth-order valence-corrected chi connectivity index (χ4v) is 3.03. The first-order chi connectivity index (χ1) is 11.2. The summed E-state index contributed by atoms with van der Waals surface area (Å²) < 4.78 is 1.80. The van der Waals surface area contributed by atoms with Crippen molar-refractivity contribution >= 4 is 22.5 Å². The van der Waals surface area contributed by atoms with Gasteiger partial charge in [0.25, 0.3) is 5.56 Å². The number of para-hydroxylation sites is 1. The molecule has 1 saturated heterocycles. The van der Waals surface area contributed by atoms with Crippen LogP contribution in [0.15, 0.2) is 41.5 Å². The molecule has 0 amide bonds. The minimum Gasteiger partial charge on any atom is -0.367 e. The maximum atomic E-state index is 12.1. The van der Waals surface area contributed by atoms with E-state index in [4.69, 9.17) is 0 Å². The van der Waals surface area contributed by atoms with Crippen molar-refractivity contribution < 1.29 is 0 Å². The number of aryl methyl sites for hydroxylation is 1. The molecule has 118 valence electrons. The summed E-state index contributed by atoms with van der Waals surface area (Å²) in [7, 11) is 1.92. The summed E-state index contributed by atoms with van der Waals surface area (Å²) in [6.45, 7) is 1.82. The lowest BCUT2D eigenvalue weighted by Gasteiger charge is -2.17. The Morgan fingerprint density at radius 3 is 3.04 bits per heavy atom. The van der Waals surface area contributed by atoms with E-state index in [0.29, 0.717) is 16.9 Å². The van der Waals surface area contributed by atoms with Crippen molar-refractivity contribution in [3.63, 3.8) is 0 Å². The molecule has 0 bridgehead atoms. The van der Waals surface area contributed by atoms with E-state index < -0.39 is 0 Å². The van der Waals surface area contributed by atoms with E-state index in [-0.39, 0.29) is 11.6 Å². The van der Waals surface area contributed by atoms with E-state index in [9.17, 15) is 4.79 Å². The predicted octanol–water partition coefficient (Wildman–Crippen LogP) is 1.35. The third-order valence-electron chi connectivity index (χ3n) is 4.20. The number of hydrogen-bond donors (Lipinski definition) is 2. The van der Waals surface area contributed by atoms with Gasteiger partial charge in [-0.1, -0.05) is 12.1 Å². The van der Waals surface area contributed by atoms with Crippen LogP contribution in [0.5, 0.6) is 0 Å². The van der Waals surface area contributed by atoms with Gasteiger partial charge >= 0.3 is 0 Å². The number of nitrogens with one attached hydrogen (secondary N) is 2. The standard InChI is InChI=1S/C16H18N6O/c1-21-10-12(8-17-21)22-7-6-11(9-22)18-16-19-14-5-3-2-4-13(14)15(23)20-16/h2-5,8,10-11H,6-7,9H2,1H3,(H2,18,19,20,23). The Labute approximate surface area is 133 Å². The molecule has 0 spiro atoms. The Kier molecular flexibility index (Phi) is 3.25. The number of rotatable bonds is 3. The lowest BCUT2D eigenvalue weighted by atomic mass is 10.2. The van der Waals surface area contributed by atoms with Crippen molar-refractivity contribution in [2.24, 2.45) is 7.05 Å². The molecule has 0 radical (unpaired) electrons. The number of aromatic nitrogens is 4. The summed E-state index contributed by atoms with van der Waals surface area (Å²) >= 11 is 0. The molecule has 2 N–H and O–H groups in total.